The summed E-state index contributed by atoms with van der Waals surface area (Å²) < 4.78 is 6.96. The average molecular weight is 423 g/mol. The maximum Gasteiger partial charge on any atom is 0.271 e. The van der Waals surface area contributed by atoms with Gasteiger partial charge in [-0.3, -0.25) is 9.36 Å². The van der Waals surface area contributed by atoms with E-state index in [1.54, 1.807) is 41.5 Å². The van der Waals surface area contributed by atoms with Crippen molar-refractivity contribution in [2.45, 2.75) is 26.3 Å². The summed E-state index contributed by atoms with van der Waals surface area (Å²) in [6, 6.07) is 10.9. The second kappa shape index (κ2) is 8.46. The molecule has 0 aliphatic carbocycles. The van der Waals surface area contributed by atoms with Gasteiger partial charge in [-0.05, 0) is 29.8 Å². The minimum atomic E-state index is -0.271. The number of amides is 1. The zero-order valence-electron chi connectivity index (χ0n) is 16.4. The van der Waals surface area contributed by atoms with Crippen LogP contribution >= 0.6 is 11.6 Å². The highest BCUT2D eigenvalue weighted by Crippen LogP contribution is 2.20. The minimum Gasteiger partial charge on any atom is -0.347 e. The highest BCUT2D eigenvalue weighted by atomic mass is 35.5. The lowest BCUT2D eigenvalue weighted by atomic mass is 10.2. The maximum absolute atomic E-state index is 12.4. The predicted molar refractivity (Wildman–Crippen MR) is 111 cm³/mol. The number of rotatable bonds is 6. The summed E-state index contributed by atoms with van der Waals surface area (Å²) >= 11 is 5.87. The Morgan fingerprint density at radius 1 is 1.17 bits per heavy atom. The molecule has 3 heterocycles. The van der Waals surface area contributed by atoms with Gasteiger partial charge in [0.2, 0.25) is 0 Å². The number of nitrogens with one attached hydrogen (secondary N) is 1. The summed E-state index contributed by atoms with van der Waals surface area (Å²) in [6.45, 7) is 4.38. The molecular formula is C21H19ClN6O2. The largest absolute Gasteiger partial charge is 0.347 e. The van der Waals surface area contributed by atoms with Gasteiger partial charge in [0.15, 0.2) is 5.82 Å². The fourth-order valence-electron chi connectivity index (χ4n) is 2.69. The Morgan fingerprint density at radius 3 is 2.63 bits per heavy atom. The van der Waals surface area contributed by atoms with E-state index in [9.17, 15) is 4.79 Å². The first-order valence-electron chi connectivity index (χ1n) is 9.36. The number of carbonyl (C=O) groups excluding carboxylic acids is 1. The molecule has 152 valence electrons. The lowest BCUT2D eigenvalue weighted by Crippen LogP contribution is -2.23. The lowest BCUT2D eigenvalue weighted by Gasteiger charge is -2.04. The molecule has 0 saturated heterocycles. The van der Waals surface area contributed by atoms with Crippen LogP contribution in [0, 0.1) is 0 Å². The second-order valence-electron chi connectivity index (χ2n) is 6.99. The van der Waals surface area contributed by atoms with Crippen molar-refractivity contribution in [2.24, 2.45) is 0 Å². The Labute approximate surface area is 177 Å². The number of imidazole rings is 1. The van der Waals surface area contributed by atoms with E-state index in [4.69, 9.17) is 16.1 Å². The Bertz CT molecular complexity index is 1150. The molecular weight excluding hydrogens is 404 g/mol. The van der Waals surface area contributed by atoms with Gasteiger partial charge in [-0.2, -0.15) is 4.98 Å². The molecule has 0 bridgehead atoms. The molecule has 30 heavy (non-hydrogen) atoms. The number of pyridine rings is 1. The molecule has 1 amide bonds. The van der Waals surface area contributed by atoms with Crippen LogP contribution in [-0.4, -0.2) is 30.6 Å². The summed E-state index contributed by atoms with van der Waals surface area (Å²) in [6.07, 6.45) is 4.82. The first-order valence-corrected chi connectivity index (χ1v) is 9.74. The van der Waals surface area contributed by atoms with Crippen molar-refractivity contribution in [1.29, 1.82) is 0 Å². The molecule has 0 saturated carbocycles. The van der Waals surface area contributed by atoms with Crippen LogP contribution < -0.4 is 5.32 Å². The van der Waals surface area contributed by atoms with Crippen LogP contribution in [0.1, 0.15) is 41.6 Å². The molecule has 0 radical (unpaired) electrons. The number of nitrogens with zero attached hydrogens (tertiary/aromatic N) is 5. The smallest absolute Gasteiger partial charge is 0.271 e. The van der Waals surface area contributed by atoms with Gasteiger partial charge in [-0.25, -0.2) is 9.97 Å². The zero-order valence-corrected chi connectivity index (χ0v) is 17.2. The van der Waals surface area contributed by atoms with Gasteiger partial charge in [-0.1, -0.05) is 42.7 Å². The molecule has 4 aromatic rings. The van der Waals surface area contributed by atoms with Crippen LogP contribution in [-0.2, 0) is 6.54 Å². The quantitative estimate of drug-likeness (QED) is 0.503. The molecule has 0 fully saturated rings. The second-order valence-corrected chi connectivity index (χ2v) is 7.43. The third-order valence-corrected chi connectivity index (χ3v) is 4.65. The molecule has 0 unspecified atom stereocenters. The minimum absolute atomic E-state index is 0.185. The van der Waals surface area contributed by atoms with E-state index in [0.29, 0.717) is 34.8 Å². The Balaban J connectivity index is 1.42. The SMILES string of the molecule is CC(C)c1noc(-c2ccc(-n3cnc(C(=O)NCc4ccc(Cl)cc4)c3)nc2)n1. The Kier molecular flexibility index (Phi) is 5.58. The van der Waals surface area contributed by atoms with Gasteiger partial charge in [0.1, 0.15) is 17.8 Å². The van der Waals surface area contributed by atoms with Crippen LogP contribution in [0.3, 0.4) is 0 Å². The number of hydrogen-bond donors (Lipinski definition) is 1. The third kappa shape index (κ3) is 4.38. The fraction of sp³-hybridized carbons (Fsp3) is 0.190. The highest BCUT2D eigenvalue weighted by Gasteiger charge is 2.13. The van der Waals surface area contributed by atoms with Gasteiger partial charge >= 0.3 is 0 Å². The number of hydrogen-bond acceptors (Lipinski definition) is 6. The van der Waals surface area contributed by atoms with E-state index in [2.05, 4.69) is 25.4 Å². The molecule has 0 aliphatic rings. The van der Waals surface area contributed by atoms with Crippen LogP contribution in [0.25, 0.3) is 17.3 Å². The number of carbonyl (C=O) groups is 1. The van der Waals surface area contributed by atoms with Crippen LogP contribution in [0.5, 0.6) is 0 Å². The van der Waals surface area contributed by atoms with Crippen molar-refractivity contribution < 1.29 is 9.32 Å². The van der Waals surface area contributed by atoms with Crippen LogP contribution in [0.4, 0.5) is 0 Å². The molecule has 1 N–H and O–H groups in total. The number of benzene rings is 1. The Hall–Kier alpha value is -3.52. The average Bonchev–Trinajstić information content (AvgIpc) is 3.43. The first kappa shape index (κ1) is 19.8. The summed E-state index contributed by atoms with van der Waals surface area (Å²) in [7, 11) is 0. The molecule has 0 atom stereocenters. The topological polar surface area (TPSA) is 98.7 Å². The van der Waals surface area contributed by atoms with Gasteiger partial charge in [-0.15, -0.1) is 0 Å². The van der Waals surface area contributed by atoms with Crippen LogP contribution in [0.2, 0.25) is 5.02 Å². The molecule has 4 rings (SSSR count). The normalized spacial score (nSPS) is 11.1. The number of halogens is 1. The third-order valence-electron chi connectivity index (χ3n) is 4.40. The summed E-state index contributed by atoms with van der Waals surface area (Å²) in [5, 5.41) is 7.45. The molecule has 3 aromatic heterocycles. The van der Waals surface area contributed by atoms with Crippen molar-refractivity contribution in [3.05, 3.63) is 77.2 Å². The van der Waals surface area contributed by atoms with Gasteiger partial charge in [0.25, 0.3) is 11.8 Å². The van der Waals surface area contributed by atoms with Crippen molar-refractivity contribution in [3.8, 4) is 17.3 Å². The standard InChI is InChI=1S/C21H19ClN6O2/c1-13(2)19-26-21(30-27-19)15-5-8-18(23-10-15)28-11-17(25-12-28)20(29)24-9-14-3-6-16(22)7-4-14/h3-8,10-13H,9H2,1-2H3,(H,24,29). The maximum atomic E-state index is 12.4. The summed E-state index contributed by atoms with van der Waals surface area (Å²) in [4.78, 5) is 25.3. The summed E-state index contributed by atoms with van der Waals surface area (Å²) in [5.74, 6) is 1.60. The van der Waals surface area contributed by atoms with Gasteiger partial charge in [0.05, 0.1) is 5.56 Å². The van der Waals surface area contributed by atoms with Crippen molar-refractivity contribution >= 4 is 17.5 Å². The van der Waals surface area contributed by atoms with Crippen LogP contribution in [0.15, 0.2) is 59.6 Å². The van der Waals surface area contributed by atoms with E-state index >= 15 is 0 Å². The van der Waals surface area contributed by atoms with E-state index in [0.717, 1.165) is 11.1 Å². The van der Waals surface area contributed by atoms with Crippen molar-refractivity contribution in [1.82, 2.24) is 30.0 Å². The predicted octanol–water partition coefficient (Wildman–Crippen LogP) is 4.02. The molecule has 1 aromatic carbocycles. The first-order chi connectivity index (χ1) is 14.5. The molecule has 9 heteroatoms. The monoisotopic (exact) mass is 422 g/mol. The van der Waals surface area contributed by atoms with E-state index in [1.807, 2.05) is 32.0 Å². The van der Waals surface area contributed by atoms with E-state index < -0.39 is 0 Å². The lowest BCUT2D eigenvalue weighted by molar-refractivity contribution is 0.0946. The highest BCUT2D eigenvalue weighted by molar-refractivity contribution is 6.30. The van der Waals surface area contributed by atoms with E-state index in [-0.39, 0.29) is 11.8 Å². The summed E-state index contributed by atoms with van der Waals surface area (Å²) in [5.41, 5.74) is 1.97. The molecule has 0 spiro atoms. The van der Waals surface area contributed by atoms with E-state index in [1.165, 1.54) is 0 Å². The van der Waals surface area contributed by atoms with Gasteiger partial charge < -0.3 is 9.84 Å². The Morgan fingerprint density at radius 2 is 1.97 bits per heavy atom. The molecule has 8 nitrogen and oxygen atoms in total. The molecule has 0 aliphatic heterocycles. The van der Waals surface area contributed by atoms with Gasteiger partial charge in [0, 0.05) is 29.9 Å². The fourth-order valence-corrected chi connectivity index (χ4v) is 2.82. The zero-order chi connectivity index (χ0) is 21.1. The number of aromatic nitrogens is 5. The van der Waals surface area contributed by atoms with Crippen molar-refractivity contribution in [2.75, 3.05) is 0 Å². The van der Waals surface area contributed by atoms with Crippen molar-refractivity contribution in [3.63, 3.8) is 0 Å².